The molecule has 0 aromatic heterocycles. The SMILES string of the molecule is Cc1c(Cc2ccc(C(C)C)cc2)c2c(c(C)c1NCc1ccccc1)C(C(C)C)CO2. The molecule has 3 aromatic carbocycles. The summed E-state index contributed by atoms with van der Waals surface area (Å²) in [5.41, 5.74) is 10.7. The van der Waals surface area contributed by atoms with Crippen molar-refractivity contribution in [1.29, 1.82) is 0 Å². The molecule has 168 valence electrons. The van der Waals surface area contributed by atoms with E-state index in [2.05, 4.69) is 101 Å². The lowest BCUT2D eigenvalue weighted by Crippen LogP contribution is -2.11. The zero-order valence-corrected chi connectivity index (χ0v) is 20.5. The summed E-state index contributed by atoms with van der Waals surface area (Å²) in [5, 5.41) is 3.78. The van der Waals surface area contributed by atoms with E-state index >= 15 is 0 Å². The van der Waals surface area contributed by atoms with Crippen LogP contribution in [-0.2, 0) is 13.0 Å². The maximum Gasteiger partial charge on any atom is 0.127 e. The molecule has 0 saturated heterocycles. The smallest absolute Gasteiger partial charge is 0.127 e. The molecule has 1 aliphatic heterocycles. The van der Waals surface area contributed by atoms with Gasteiger partial charge in [-0.3, -0.25) is 0 Å². The Kier molecular flexibility index (Phi) is 6.60. The molecule has 0 bridgehead atoms. The average molecular weight is 428 g/mol. The molecule has 1 unspecified atom stereocenters. The quantitative estimate of drug-likeness (QED) is 0.416. The van der Waals surface area contributed by atoms with E-state index in [4.69, 9.17) is 4.74 Å². The molecule has 32 heavy (non-hydrogen) atoms. The lowest BCUT2D eigenvalue weighted by atomic mass is 9.83. The summed E-state index contributed by atoms with van der Waals surface area (Å²) in [5.74, 6) is 2.69. The van der Waals surface area contributed by atoms with Crippen LogP contribution < -0.4 is 10.1 Å². The van der Waals surface area contributed by atoms with E-state index in [1.807, 2.05) is 0 Å². The lowest BCUT2D eigenvalue weighted by Gasteiger charge is -2.23. The summed E-state index contributed by atoms with van der Waals surface area (Å²) in [6.07, 6.45) is 0.900. The van der Waals surface area contributed by atoms with Gasteiger partial charge in [0.25, 0.3) is 0 Å². The van der Waals surface area contributed by atoms with Crippen molar-refractivity contribution in [2.24, 2.45) is 5.92 Å². The van der Waals surface area contributed by atoms with Gasteiger partial charge in [-0.1, -0.05) is 82.3 Å². The first-order valence-corrected chi connectivity index (χ1v) is 12.0. The second-order valence-electron chi connectivity index (χ2n) is 9.92. The van der Waals surface area contributed by atoms with Gasteiger partial charge in [-0.05, 0) is 53.5 Å². The fourth-order valence-corrected chi connectivity index (χ4v) is 4.95. The zero-order valence-electron chi connectivity index (χ0n) is 20.5. The second-order valence-corrected chi connectivity index (χ2v) is 9.92. The minimum atomic E-state index is 0.449. The van der Waals surface area contributed by atoms with Gasteiger partial charge in [-0.25, -0.2) is 0 Å². The van der Waals surface area contributed by atoms with E-state index < -0.39 is 0 Å². The molecule has 1 aliphatic rings. The first-order valence-electron chi connectivity index (χ1n) is 12.0. The van der Waals surface area contributed by atoms with Gasteiger partial charge in [0, 0.05) is 35.7 Å². The molecule has 1 atom stereocenters. The van der Waals surface area contributed by atoms with Crippen molar-refractivity contribution in [3.05, 3.63) is 93.5 Å². The number of ether oxygens (including phenoxy) is 1. The Hall–Kier alpha value is -2.74. The van der Waals surface area contributed by atoms with Crippen molar-refractivity contribution in [2.75, 3.05) is 11.9 Å². The molecule has 4 rings (SSSR count). The monoisotopic (exact) mass is 427 g/mol. The Labute approximate surface area is 194 Å². The van der Waals surface area contributed by atoms with Crippen LogP contribution in [0.3, 0.4) is 0 Å². The molecule has 0 amide bonds. The molecular formula is C30H37NO. The maximum atomic E-state index is 6.39. The normalized spacial score (nSPS) is 15.2. The molecule has 0 saturated carbocycles. The number of hydrogen-bond donors (Lipinski definition) is 1. The topological polar surface area (TPSA) is 21.3 Å². The third-order valence-corrected chi connectivity index (χ3v) is 7.05. The molecule has 0 aliphatic carbocycles. The summed E-state index contributed by atoms with van der Waals surface area (Å²) < 4.78 is 6.39. The molecule has 1 N–H and O–H groups in total. The van der Waals surface area contributed by atoms with Crippen molar-refractivity contribution in [2.45, 2.75) is 66.3 Å². The highest BCUT2D eigenvalue weighted by Gasteiger charge is 2.33. The Morgan fingerprint density at radius 3 is 2.19 bits per heavy atom. The van der Waals surface area contributed by atoms with Crippen LogP contribution in [-0.4, -0.2) is 6.61 Å². The first-order chi connectivity index (χ1) is 15.4. The van der Waals surface area contributed by atoms with Gasteiger partial charge in [0.1, 0.15) is 5.75 Å². The highest BCUT2D eigenvalue weighted by atomic mass is 16.5. The van der Waals surface area contributed by atoms with Gasteiger partial charge in [0.05, 0.1) is 6.61 Å². The highest BCUT2D eigenvalue weighted by molar-refractivity contribution is 5.70. The van der Waals surface area contributed by atoms with Gasteiger partial charge in [0.15, 0.2) is 0 Å². The summed E-state index contributed by atoms with van der Waals surface area (Å²) in [6, 6.07) is 19.8. The second kappa shape index (κ2) is 9.40. The van der Waals surface area contributed by atoms with Crippen molar-refractivity contribution in [3.8, 4) is 5.75 Å². The van der Waals surface area contributed by atoms with Crippen LogP contribution in [0.5, 0.6) is 5.75 Å². The minimum Gasteiger partial charge on any atom is -0.492 e. The molecule has 0 radical (unpaired) electrons. The fraction of sp³-hybridized carbons (Fsp3) is 0.400. The third kappa shape index (κ3) is 4.41. The Balaban J connectivity index is 1.74. The van der Waals surface area contributed by atoms with Crippen LogP contribution in [0, 0.1) is 19.8 Å². The van der Waals surface area contributed by atoms with E-state index in [1.165, 1.54) is 44.6 Å². The van der Waals surface area contributed by atoms with Gasteiger partial charge in [0.2, 0.25) is 0 Å². The Morgan fingerprint density at radius 2 is 1.56 bits per heavy atom. The summed E-state index contributed by atoms with van der Waals surface area (Å²) in [6.45, 7) is 15.3. The van der Waals surface area contributed by atoms with Crippen LogP contribution in [0.2, 0.25) is 0 Å². The molecule has 3 aromatic rings. The number of benzene rings is 3. The summed E-state index contributed by atoms with van der Waals surface area (Å²) in [4.78, 5) is 0. The highest BCUT2D eigenvalue weighted by Crippen LogP contribution is 2.47. The van der Waals surface area contributed by atoms with Gasteiger partial charge < -0.3 is 10.1 Å². The van der Waals surface area contributed by atoms with E-state index in [0.717, 1.165) is 25.3 Å². The number of fused-ring (bicyclic) bond motifs is 1. The molecule has 2 nitrogen and oxygen atoms in total. The molecule has 1 heterocycles. The molecule has 0 spiro atoms. The summed E-state index contributed by atoms with van der Waals surface area (Å²) >= 11 is 0. The largest absolute Gasteiger partial charge is 0.492 e. The van der Waals surface area contributed by atoms with E-state index in [0.29, 0.717) is 17.8 Å². The van der Waals surface area contributed by atoms with E-state index in [1.54, 1.807) is 0 Å². The third-order valence-electron chi connectivity index (χ3n) is 7.05. The van der Waals surface area contributed by atoms with Crippen LogP contribution >= 0.6 is 0 Å². The van der Waals surface area contributed by atoms with Crippen LogP contribution in [0.4, 0.5) is 5.69 Å². The van der Waals surface area contributed by atoms with Crippen LogP contribution in [0.15, 0.2) is 54.6 Å². The Bertz CT molecular complexity index is 1060. The zero-order chi connectivity index (χ0) is 22.8. The van der Waals surface area contributed by atoms with E-state index in [-0.39, 0.29) is 0 Å². The predicted octanol–water partition coefficient (Wildman–Crippen LogP) is 7.76. The van der Waals surface area contributed by atoms with Crippen molar-refractivity contribution in [3.63, 3.8) is 0 Å². The number of rotatable bonds is 7. The summed E-state index contributed by atoms with van der Waals surface area (Å²) in [7, 11) is 0. The maximum absolute atomic E-state index is 6.39. The van der Waals surface area contributed by atoms with Crippen molar-refractivity contribution >= 4 is 5.69 Å². The van der Waals surface area contributed by atoms with E-state index in [9.17, 15) is 0 Å². The molecular weight excluding hydrogens is 390 g/mol. The van der Waals surface area contributed by atoms with Crippen molar-refractivity contribution in [1.82, 2.24) is 0 Å². The number of nitrogens with one attached hydrogen (secondary N) is 1. The first kappa shape index (κ1) is 22.5. The average Bonchev–Trinajstić information content (AvgIpc) is 3.23. The molecule has 0 fully saturated rings. The Morgan fingerprint density at radius 1 is 0.875 bits per heavy atom. The number of hydrogen-bond acceptors (Lipinski definition) is 2. The number of anilines is 1. The van der Waals surface area contributed by atoms with Crippen LogP contribution in [0.25, 0.3) is 0 Å². The predicted molar refractivity (Wildman–Crippen MR) is 136 cm³/mol. The van der Waals surface area contributed by atoms with Crippen LogP contribution in [0.1, 0.15) is 78.5 Å². The standard InChI is InChI=1S/C30H37NO/c1-19(2)25-14-12-23(13-15-25)16-26-21(5)29(31-17-24-10-8-7-9-11-24)22(6)28-27(20(3)4)18-32-30(26)28/h7-15,19-20,27,31H,16-18H2,1-6H3. The lowest BCUT2D eigenvalue weighted by molar-refractivity contribution is 0.302. The minimum absolute atomic E-state index is 0.449. The van der Waals surface area contributed by atoms with Gasteiger partial charge in [-0.15, -0.1) is 0 Å². The van der Waals surface area contributed by atoms with Gasteiger partial charge in [-0.2, -0.15) is 0 Å². The van der Waals surface area contributed by atoms with Gasteiger partial charge >= 0.3 is 0 Å². The van der Waals surface area contributed by atoms with Crippen molar-refractivity contribution < 1.29 is 4.74 Å². The fourth-order valence-electron chi connectivity index (χ4n) is 4.95. The molecule has 2 heteroatoms.